The van der Waals surface area contributed by atoms with Crippen molar-refractivity contribution in [2.24, 2.45) is 13.0 Å². The second kappa shape index (κ2) is 7.18. The Morgan fingerprint density at radius 3 is 2.37 bits per heavy atom. The zero-order valence-electron chi connectivity index (χ0n) is 17.5. The van der Waals surface area contributed by atoms with Crippen LogP contribution in [0.2, 0.25) is 5.82 Å². The van der Waals surface area contributed by atoms with Gasteiger partial charge in [0.1, 0.15) is 6.10 Å². The molecule has 0 unspecified atom stereocenters. The van der Waals surface area contributed by atoms with E-state index in [4.69, 9.17) is 14.0 Å². The van der Waals surface area contributed by atoms with Crippen molar-refractivity contribution in [3.8, 4) is 0 Å². The fourth-order valence-corrected chi connectivity index (χ4v) is 4.63. The van der Waals surface area contributed by atoms with Gasteiger partial charge in [0.25, 0.3) is 0 Å². The predicted octanol–water partition coefficient (Wildman–Crippen LogP) is 3.06. The van der Waals surface area contributed by atoms with Crippen molar-refractivity contribution >= 4 is 7.12 Å². The molecule has 0 saturated carbocycles. The van der Waals surface area contributed by atoms with Crippen LogP contribution in [0.5, 0.6) is 0 Å². The summed E-state index contributed by atoms with van der Waals surface area (Å²) in [6.45, 7) is 12.7. The molecule has 4 rings (SSSR count). The summed E-state index contributed by atoms with van der Waals surface area (Å²) in [6.07, 6.45) is 5.46. The molecule has 0 radical (unpaired) electrons. The lowest BCUT2D eigenvalue weighted by Crippen LogP contribution is -2.41. The highest BCUT2D eigenvalue weighted by Crippen LogP contribution is 2.43. The number of hydrogen-bond acceptors (Lipinski definition) is 5. The third-order valence-corrected chi connectivity index (χ3v) is 7.15. The Morgan fingerprint density at radius 1 is 1.11 bits per heavy atom. The standard InChI is InChI=1S/C20H34BN3O3/c1-19(2)20(3,4)27-21(26-19)16-7-11-24(12-8-16)14-15-9-13-25-18(15)17-6-10-22-23(17)5/h6,10,15-16,18H,7-9,11-14H2,1-5H3/t15-,18+/m0/s1. The van der Waals surface area contributed by atoms with E-state index in [2.05, 4.69) is 43.8 Å². The lowest BCUT2D eigenvalue weighted by molar-refractivity contribution is 0.00578. The smallest absolute Gasteiger partial charge is 0.403 e. The Balaban J connectivity index is 1.31. The first-order chi connectivity index (χ1) is 12.8. The molecule has 0 spiro atoms. The fourth-order valence-electron chi connectivity index (χ4n) is 4.63. The molecule has 3 aliphatic rings. The van der Waals surface area contributed by atoms with Gasteiger partial charge >= 0.3 is 7.12 Å². The summed E-state index contributed by atoms with van der Waals surface area (Å²) in [7, 11) is 1.94. The summed E-state index contributed by atoms with van der Waals surface area (Å²) >= 11 is 0. The van der Waals surface area contributed by atoms with Crippen molar-refractivity contribution in [1.29, 1.82) is 0 Å². The fraction of sp³-hybridized carbons (Fsp3) is 0.850. The van der Waals surface area contributed by atoms with Crippen molar-refractivity contribution < 1.29 is 14.0 Å². The van der Waals surface area contributed by atoms with Gasteiger partial charge in [0.05, 0.1) is 16.9 Å². The summed E-state index contributed by atoms with van der Waals surface area (Å²) < 4.78 is 20.6. The van der Waals surface area contributed by atoms with Gasteiger partial charge < -0.3 is 18.9 Å². The van der Waals surface area contributed by atoms with Crippen LogP contribution in [0.3, 0.4) is 0 Å². The van der Waals surface area contributed by atoms with E-state index in [0.717, 1.165) is 45.5 Å². The Morgan fingerprint density at radius 2 is 1.78 bits per heavy atom. The van der Waals surface area contributed by atoms with E-state index in [1.807, 2.05) is 17.9 Å². The molecule has 3 saturated heterocycles. The van der Waals surface area contributed by atoms with E-state index in [9.17, 15) is 0 Å². The number of nitrogens with zero attached hydrogens (tertiary/aromatic N) is 3. The molecule has 3 fully saturated rings. The number of aryl methyl sites for hydroxylation is 1. The van der Waals surface area contributed by atoms with Crippen LogP contribution in [0.25, 0.3) is 0 Å². The zero-order chi connectivity index (χ0) is 19.2. The largest absolute Gasteiger partial charge is 0.461 e. The van der Waals surface area contributed by atoms with Gasteiger partial charge in [0, 0.05) is 32.3 Å². The van der Waals surface area contributed by atoms with Gasteiger partial charge in [0.2, 0.25) is 0 Å². The minimum absolute atomic E-state index is 0.0610. The molecule has 2 atom stereocenters. The molecular formula is C20H34BN3O3. The van der Waals surface area contributed by atoms with Gasteiger partial charge in [-0.15, -0.1) is 0 Å². The molecule has 0 aromatic carbocycles. The molecule has 150 valence electrons. The normalized spacial score (nSPS) is 31.7. The molecule has 7 heteroatoms. The predicted molar refractivity (Wildman–Crippen MR) is 106 cm³/mol. The maximum Gasteiger partial charge on any atom is 0.461 e. The van der Waals surface area contributed by atoms with Gasteiger partial charge in [-0.2, -0.15) is 5.10 Å². The number of piperidine rings is 1. The molecular weight excluding hydrogens is 341 g/mol. The number of hydrogen-bond donors (Lipinski definition) is 0. The van der Waals surface area contributed by atoms with E-state index in [1.165, 1.54) is 5.69 Å². The average molecular weight is 375 g/mol. The molecule has 3 aliphatic heterocycles. The summed E-state index contributed by atoms with van der Waals surface area (Å²) in [5.41, 5.74) is 0.739. The monoisotopic (exact) mass is 375 g/mol. The van der Waals surface area contributed by atoms with Crippen LogP contribution in [-0.2, 0) is 21.1 Å². The van der Waals surface area contributed by atoms with Gasteiger partial charge in [-0.25, -0.2) is 0 Å². The number of rotatable bonds is 4. The van der Waals surface area contributed by atoms with Crippen molar-refractivity contribution in [2.75, 3.05) is 26.2 Å². The van der Waals surface area contributed by atoms with E-state index < -0.39 is 0 Å². The molecule has 0 amide bonds. The molecule has 0 N–H and O–H groups in total. The summed E-state index contributed by atoms with van der Waals surface area (Å²) in [4.78, 5) is 2.60. The van der Waals surface area contributed by atoms with E-state index in [0.29, 0.717) is 11.7 Å². The third kappa shape index (κ3) is 3.71. The van der Waals surface area contributed by atoms with Crippen LogP contribution in [0.1, 0.15) is 58.8 Å². The molecule has 1 aromatic heterocycles. The van der Waals surface area contributed by atoms with Crippen molar-refractivity contribution in [3.63, 3.8) is 0 Å². The molecule has 6 nitrogen and oxygen atoms in total. The number of aromatic nitrogens is 2. The first-order valence-corrected chi connectivity index (χ1v) is 10.4. The van der Waals surface area contributed by atoms with Crippen molar-refractivity contribution in [2.45, 2.75) is 70.1 Å². The van der Waals surface area contributed by atoms with Crippen LogP contribution >= 0.6 is 0 Å². The molecule has 27 heavy (non-hydrogen) atoms. The van der Waals surface area contributed by atoms with Gasteiger partial charge in [-0.1, -0.05) is 0 Å². The molecule has 1 aromatic rings. The number of ether oxygens (including phenoxy) is 1. The maximum atomic E-state index is 6.28. The van der Waals surface area contributed by atoms with Crippen LogP contribution in [0.15, 0.2) is 12.3 Å². The van der Waals surface area contributed by atoms with Crippen LogP contribution in [0.4, 0.5) is 0 Å². The van der Waals surface area contributed by atoms with E-state index in [1.54, 1.807) is 0 Å². The maximum absolute atomic E-state index is 6.28. The van der Waals surface area contributed by atoms with Crippen molar-refractivity contribution in [3.05, 3.63) is 18.0 Å². The van der Waals surface area contributed by atoms with E-state index >= 15 is 0 Å². The Bertz CT molecular complexity index is 639. The van der Waals surface area contributed by atoms with Crippen LogP contribution < -0.4 is 0 Å². The number of likely N-dealkylation sites (tertiary alicyclic amines) is 1. The lowest BCUT2D eigenvalue weighted by Gasteiger charge is -2.35. The Hall–Kier alpha value is -0.885. The van der Waals surface area contributed by atoms with Crippen LogP contribution in [-0.4, -0.2) is 59.2 Å². The summed E-state index contributed by atoms with van der Waals surface area (Å²) in [5.74, 6) is 1.05. The average Bonchev–Trinajstić information content (AvgIpc) is 3.27. The van der Waals surface area contributed by atoms with E-state index in [-0.39, 0.29) is 24.4 Å². The highest BCUT2D eigenvalue weighted by atomic mass is 16.7. The second-order valence-corrected chi connectivity index (χ2v) is 9.48. The quantitative estimate of drug-likeness (QED) is 0.757. The van der Waals surface area contributed by atoms with Gasteiger partial charge in [0.15, 0.2) is 0 Å². The topological polar surface area (TPSA) is 48.8 Å². The highest BCUT2D eigenvalue weighted by molar-refractivity contribution is 6.47. The Labute approximate surface area is 163 Å². The minimum Gasteiger partial charge on any atom is -0.403 e. The SMILES string of the molecule is Cn1nccc1[C@@H]1OCC[C@H]1CN1CCC(B2OC(C)(C)C(C)(C)O2)CC1. The first kappa shape index (κ1) is 19.4. The van der Waals surface area contributed by atoms with Crippen LogP contribution in [0, 0.1) is 5.92 Å². The molecule has 0 aliphatic carbocycles. The molecule has 4 heterocycles. The van der Waals surface area contributed by atoms with Gasteiger partial charge in [-0.05, 0) is 71.9 Å². The van der Waals surface area contributed by atoms with Gasteiger partial charge in [-0.3, -0.25) is 4.68 Å². The highest BCUT2D eigenvalue weighted by Gasteiger charge is 2.53. The first-order valence-electron chi connectivity index (χ1n) is 10.4. The Kier molecular flexibility index (Phi) is 5.16. The molecule has 0 bridgehead atoms. The third-order valence-electron chi connectivity index (χ3n) is 7.15. The lowest BCUT2D eigenvalue weighted by atomic mass is 9.66. The second-order valence-electron chi connectivity index (χ2n) is 9.48. The summed E-state index contributed by atoms with van der Waals surface area (Å²) in [5, 5.41) is 4.32. The van der Waals surface area contributed by atoms with Crippen molar-refractivity contribution in [1.82, 2.24) is 14.7 Å². The minimum atomic E-state index is -0.230. The zero-order valence-corrected chi connectivity index (χ0v) is 17.5. The summed E-state index contributed by atoms with van der Waals surface area (Å²) in [6, 6.07) is 2.09.